The molecule has 0 aliphatic carbocycles. The van der Waals surface area contributed by atoms with Gasteiger partial charge in [0.25, 0.3) is 0 Å². The number of carbonyl (C=O) groups excluding carboxylic acids is 1. The van der Waals surface area contributed by atoms with Crippen molar-refractivity contribution in [2.24, 2.45) is 0 Å². The van der Waals surface area contributed by atoms with Gasteiger partial charge in [0.1, 0.15) is 11.5 Å². The van der Waals surface area contributed by atoms with Crippen LogP contribution in [-0.4, -0.2) is 20.9 Å². The van der Waals surface area contributed by atoms with Crippen LogP contribution in [0.15, 0.2) is 60.0 Å². The van der Waals surface area contributed by atoms with Gasteiger partial charge in [-0.25, -0.2) is 17.9 Å². The first-order valence-corrected chi connectivity index (χ1v) is 9.30. The second-order valence-electron chi connectivity index (χ2n) is 5.17. The second-order valence-corrected chi connectivity index (χ2v) is 7.31. The molecular formula is C18H15ClN2O4S. The highest BCUT2D eigenvalue weighted by Gasteiger charge is 2.20. The summed E-state index contributed by atoms with van der Waals surface area (Å²) in [6, 6.07) is 12.4. The molecule has 0 saturated heterocycles. The Labute approximate surface area is 156 Å². The monoisotopic (exact) mass is 390 g/mol. The average molecular weight is 391 g/mol. The average Bonchev–Trinajstić information content (AvgIpc) is 2.65. The van der Waals surface area contributed by atoms with Gasteiger partial charge in [0.05, 0.1) is 22.2 Å². The fraction of sp³-hybridized carbons (Fsp3) is 0.111. The van der Waals surface area contributed by atoms with Crippen molar-refractivity contribution in [2.75, 3.05) is 6.54 Å². The summed E-state index contributed by atoms with van der Waals surface area (Å²) >= 11 is 5.94. The van der Waals surface area contributed by atoms with Gasteiger partial charge in [-0.15, -0.1) is 6.58 Å². The van der Waals surface area contributed by atoms with Crippen molar-refractivity contribution >= 4 is 27.6 Å². The van der Waals surface area contributed by atoms with E-state index in [1.165, 1.54) is 18.2 Å². The van der Waals surface area contributed by atoms with Crippen LogP contribution in [0.4, 0.5) is 0 Å². The summed E-state index contributed by atoms with van der Waals surface area (Å²) in [6.45, 7) is 3.46. The van der Waals surface area contributed by atoms with E-state index in [1.54, 1.807) is 24.3 Å². The van der Waals surface area contributed by atoms with Crippen molar-refractivity contribution in [1.82, 2.24) is 4.72 Å². The lowest BCUT2D eigenvalue weighted by molar-refractivity contribution is 0.0472. The van der Waals surface area contributed by atoms with Gasteiger partial charge in [-0.1, -0.05) is 29.8 Å². The van der Waals surface area contributed by atoms with E-state index >= 15 is 0 Å². The molecule has 2 aromatic carbocycles. The summed E-state index contributed by atoms with van der Waals surface area (Å²) in [4.78, 5) is 12.0. The van der Waals surface area contributed by atoms with Crippen LogP contribution in [0, 0.1) is 11.3 Å². The number of halogens is 1. The molecule has 2 aromatic rings. The van der Waals surface area contributed by atoms with Gasteiger partial charge >= 0.3 is 5.97 Å². The van der Waals surface area contributed by atoms with E-state index < -0.39 is 16.0 Å². The molecule has 26 heavy (non-hydrogen) atoms. The maximum Gasteiger partial charge on any atom is 0.338 e. The van der Waals surface area contributed by atoms with Gasteiger partial charge in [-0.3, -0.25) is 0 Å². The van der Waals surface area contributed by atoms with Gasteiger partial charge in [0.15, 0.2) is 0 Å². The molecule has 0 fully saturated rings. The molecule has 6 nitrogen and oxygen atoms in total. The highest BCUT2D eigenvalue weighted by atomic mass is 35.5. The summed E-state index contributed by atoms with van der Waals surface area (Å²) in [5.41, 5.74) is 1.26. The molecule has 1 N–H and O–H groups in total. The van der Waals surface area contributed by atoms with Gasteiger partial charge in [-0.2, -0.15) is 5.26 Å². The number of esters is 1. The SMILES string of the molecule is C=CCNS(=O)(=O)c1cc(C(=O)OCc2ccc(C#N)cc2)ccc1Cl. The van der Waals surface area contributed by atoms with Gasteiger partial charge in [-0.05, 0) is 35.9 Å². The van der Waals surface area contributed by atoms with Crippen molar-refractivity contribution in [2.45, 2.75) is 11.5 Å². The first kappa shape index (κ1) is 19.7. The number of nitriles is 1. The van der Waals surface area contributed by atoms with Crippen LogP contribution in [0.25, 0.3) is 0 Å². The third kappa shape index (κ3) is 4.92. The van der Waals surface area contributed by atoms with Crippen LogP contribution in [0.1, 0.15) is 21.5 Å². The van der Waals surface area contributed by atoms with Crippen LogP contribution in [-0.2, 0) is 21.4 Å². The molecule has 134 valence electrons. The van der Waals surface area contributed by atoms with Crippen LogP contribution >= 0.6 is 11.6 Å². The van der Waals surface area contributed by atoms with Crippen molar-refractivity contribution in [3.8, 4) is 6.07 Å². The predicted molar refractivity (Wildman–Crippen MR) is 97.1 cm³/mol. The minimum atomic E-state index is -3.88. The van der Waals surface area contributed by atoms with E-state index in [-0.39, 0.29) is 28.6 Å². The lowest BCUT2D eigenvalue weighted by Gasteiger charge is -2.09. The lowest BCUT2D eigenvalue weighted by Crippen LogP contribution is -2.24. The molecule has 8 heteroatoms. The van der Waals surface area contributed by atoms with Gasteiger partial charge in [0, 0.05) is 6.54 Å². The highest BCUT2D eigenvalue weighted by Crippen LogP contribution is 2.23. The molecule has 0 spiro atoms. The Balaban J connectivity index is 2.15. The van der Waals surface area contributed by atoms with E-state index in [2.05, 4.69) is 11.3 Å². The zero-order valence-corrected chi connectivity index (χ0v) is 15.2. The van der Waals surface area contributed by atoms with Crippen molar-refractivity contribution in [3.63, 3.8) is 0 Å². The highest BCUT2D eigenvalue weighted by molar-refractivity contribution is 7.89. The molecule has 0 amide bonds. The van der Waals surface area contributed by atoms with E-state index in [4.69, 9.17) is 21.6 Å². The van der Waals surface area contributed by atoms with E-state index in [0.29, 0.717) is 11.1 Å². The number of hydrogen-bond acceptors (Lipinski definition) is 5. The normalized spacial score (nSPS) is 10.8. The molecule has 0 saturated carbocycles. The molecule has 2 rings (SSSR count). The Morgan fingerprint density at radius 1 is 1.27 bits per heavy atom. The Morgan fingerprint density at radius 3 is 2.58 bits per heavy atom. The van der Waals surface area contributed by atoms with Crippen LogP contribution in [0.5, 0.6) is 0 Å². The largest absolute Gasteiger partial charge is 0.457 e. The summed E-state index contributed by atoms with van der Waals surface area (Å²) in [7, 11) is -3.88. The molecule has 0 aliphatic rings. The van der Waals surface area contributed by atoms with Crippen molar-refractivity contribution in [1.29, 1.82) is 5.26 Å². The number of hydrogen-bond donors (Lipinski definition) is 1. The van der Waals surface area contributed by atoms with E-state index in [0.717, 1.165) is 6.07 Å². The Morgan fingerprint density at radius 2 is 1.96 bits per heavy atom. The molecule has 0 aromatic heterocycles. The summed E-state index contributed by atoms with van der Waals surface area (Å²) in [5, 5.41) is 8.75. The molecule has 0 unspecified atom stereocenters. The van der Waals surface area contributed by atoms with Crippen LogP contribution in [0.2, 0.25) is 5.02 Å². The molecule has 0 heterocycles. The summed E-state index contributed by atoms with van der Waals surface area (Å²) in [6.07, 6.45) is 1.39. The van der Waals surface area contributed by atoms with Crippen molar-refractivity contribution in [3.05, 3.63) is 76.8 Å². The molecular weight excluding hydrogens is 376 g/mol. The first-order valence-electron chi connectivity index (χ1n) is 7.43. The molecule has 0 radical (unpaired) electrons. The van der Waals surface area contributed by atoms with Crippen LogP contribution in [0.3, 0.4) is 0 Å². The third-order valence-corrected chi connectivity index (χ3v) is 5.23. The zero-order chi connectivity index (χ0) is 19.2. The minimum absolute atomic E-state index is 0.00907. The lowest BCUT2D eigenvalue weighted by atomic mass is 10.1. The third-order valence-electron chi connectivity index (χ3n) is 3.33. The number of rotatable bonds is 7. The maximum atomic E-state index is 12.2. The van der Waals surface area contributed by atoms with Gasteiger partial charge < -0.3 is 4.74 Å². The molecule has 0 atom stereocenters. The Bertz CT molecular complexity index is 964. The smallest absolute Gasteiger partial charge is 0.338 e. The number of sulfonamides is 1. The number of nitrogens with zero attached hydrogens (tertiary/aromatic N) is 1. The first-order chi connectivity index (χ1) is 12.4. The summed E-state index contributed by atoms with van der Waals surface area (Å²) in [5.74, 6) is -0.689. The molecule has 0 bridgehead atoms. The fourth-order valence-corrected chi connectivity index (χ4v) is 3.51. The Hall–Kier alpha value is -2.66. The number of benzene rings is 2. The number of nitrogens with one attached hydrogen (secondary N) is 1. The Kier molecular flexibility index (Phi) is 6.52. The van der Waals surface area contributed by atoms with Gasteiger partial charge in [0.2, 0.25) is 10.0 Å². The quantitative estimate of drug-likeness (QED) is 0.579. The fourth-order valence-electron chi connectivity index (χ4n) is 1.99. The van der Waals surface area contributed by atoms with E-state index in [1.807, 2.05) is 6.07 Å². The topological polar surface area (TPSA) is 96.3 Å². The standard InChI is InChI=1S/C18H15ClN2O4S/c1-2-9-21-26(23,24)17-10-15(7-8-16(17)19)18(22)25-12-14-5-3-13(11-20)4-6-14/h2-8,10,21H,1,9,12H2. The minimum Gasteiger partial charge on any atom is -0.457 e. The number of ether oxygens (including phenoxy) is 1. The van der Waals surface area contributed by atoms with E-state index in [9.17, 15) is 13.2 Å². The molecule has 0 aliphatic heterocycles. The number of carbonyl (C=O) groups is 1. The zero-order valence-electron chi connectivity index (χ0n) is 13.6. The predicted octanol–water partition coefficient (Wildman–Crippen LogP) is 3.03. The maximum absolute atomic E-state index is 12.2. The van der Waals surface area contributed by atoms with Crippen molar-refractivity contribution < 1.29 is 17.9 Å². The summed E-state index contributed by atoms with van der Waals surface area (Å²) < 4.78 is 31.9. The van der Waals surface area contributed by atoms with Crippen LogP contribution < -0.4 is 4.72 Å². The second kappa shape index (κ2) is 8.63.